The van der Waals surface area contributed by atoms with E-state index in [0.717, 1.165) is 26.4 Å². The highest BCUT2D eigenvalue weighted by molar-refractivity contribution is 6.14. The molecule has 0 radical (unpaired) electrons. The first kappa shape index (κ1) is 30.9. The molecule has 242 valence electrons. The lowest BCUT2D eigenvalue weighted by molar-refractivity contribution is -0.174. The first-order valence-corrected chi connectivity index (χ1v) is 14.3. The Morgan fingerprint density at radius 3 is 1.37 bits per heavy atom. The van der Waals surface area contributed by atoms with Crippen molar-refractivity contribution in [2.45, 2.75) is 50.1 Å². The van der Waals surface area contributed by atoms with Crippen LogP contribution in [0.5, 0.6) is 23.0 Å². The zero-order chi connectivity index (χ0) is 33.6. The highest BCUT2D eigenvalue weighted by atomic mass is 16.6. The smallest absolute Gasteiger partial charge is 0.358 e. The zero-order valence-electron chi connectivity index (χ0n) is 25.0. The van der Waals surface area contributed by atoms with Gasteiger partial charge >= 0.3 is 11.9 Å². The minimum absolute atomic E-state index is 0.100. The average Bonchev–Trinajstić information content (AvgIpc) is 3.01. The van der Waals surface area contributed by atoms with Crippen LogP contribution >= 0.6 is 0 Å². The molecule has 0 spiro atoms. The van der Waals surface area contributed by atoms with Crippen molar-refractivity contribution in [3.05, 3.63) is 46.5 Å². The zero-order valence-corrected chi connectivity index (χ0v) is 25.0. The third-order valence-corrected chi connectivity index (χ3v) is 9.24. The second-order valence-corrected chi connectivity index (χ2v) is 11.9. The molecular weight excluding hydrogens is 608 g/mol. The van der Waals surface area contributed by atoms with Crippen LogP contribution in [-0.2, 0) is 28.7 Å². The van der Waals surface area contributed by atoms with Gasteiger partial charge in [-0.25, -0.2) is 9.59 Å². The number of carbonyl (C=O) groups is 4. The Morgan fingerprint density at radius 2 is 1.04 bits per heavy atom. The van der Waals surface area contributed by atoms with Gasteiger partial charge in [0.2, 0.25) is 0 Å². The van der Waals surface area contributed by atoms with Crippen molar-refractivity contribution in [1.82, 2.24) is 0 Å². The normalized spacial score (nSPS) is 29.9. The predicted molar refractivity (Wildman–Crippen MR) is 155 cm³/mol. The number of benzene rings is 2. The van der Waals surface area contributed by atoms with Gasteiger partial charge < -0.3 is 49.6 Å². The van der Waals surface area contributed by atoms with Crippen LogP contribution in [0.4, 0.5) is 0 Å². The quantitative estimate of drug-likeness (QED) is 0.264. The fourth-order valence-electron chi connectivity index (χ4n) is 7.00. The molecule has 0 unspecified atom stereocenters. The largest absolute Gasteiger partial charge is 0.507 e. The van der Waals surface area contributed by atoms with Crippen LogP contribution in [0.25, 0.3) is 22.6 Å². The molecule has 2 aliphatic carbocycles. The molecule has 0 bridgehead atoms. The Labute approximate surface area is 260 Å². The number of methoxy groups -OCH3 is 2. The number of ether oxygens (including phenoxy) is 4. The van der Waals surface area contributed by atoms with Crippen LogP contribution in [-0.4, -0.2) is 91.8 Å². The summed E-state index contributed by atoms with van der Waals surface area (Å²) in [5, 5.41) is 67.3. The SMILES string of the molecule is COC(=O)[C@]12Oc3c(-c4ccc(O)c5c4O[C@@]4(C(=O)OC)C(=C5O)C(=O)C[C@@H](C)[C@@H]4O)ccc(O)c3C(O)=C1C(=O)C[C@@H](C)[C@H]2O. The van der Waals surface area contributed by atoms with Gasteiger partial charge in [-0.2, -0.15) is 0 Å². The second kappa shape index (κ2) is 10.2. The lowest BCUT2D eigenvalue weighted by atomic mass is 9.69. The Hall–Kier alpha value is -5.08. The number of aliphatic hydroxyl groups is 4. The molecule has 6 rings (SSSR count). The first-order chi connectivity index (χ1) is 21.7. The molecule has 0 amide bonds. The van der Waals surface area contributed by atoms with Crippen LogP contribution in [0.1, 0.15) is 37.8 Å². The summed E-state index contributed by atoms with van der Waals surface area (Å²) < 4.78 is 22.2. The third kappa shape index (κ3) is 3.70. The summed E-state index contributed by atoms with van der Waals surface area (Å²) in [7, 11) is 1.98. The number of carbonyl (C=O) groups excluding carboxylic acids is 4. The molecule has 2 aromatic rings. The van der Waals surface area contributed by atoms with Gasteiger partial charge in [0.05, 0.1) is 25.4 Å². The number of aromatic hydroxyl groups is 2. The summed E-state index contributed by atoms with van der Waals surface area (Å²) >= 11 is 0. The van der Waals surface area contributed by atoms with E-state index < -0.39 is 116 Å². The van der Waals surface area contributed by atoms with Gasteiger partial charge in [0.15, 0.2) is 11.6 Å². The fraction of sp³-hybridized carbons (Fsp3) is 0.375. The molecular formula is C32H30O14. The summed E-state index contributed by atoms with van der Waals surface area (Å²) in [6.07, 6.45) is -3.96. The average molecular weight is 639 g/mol. The minimum atomic E-state index is -2.58. The van der Waals surface area contributed by atoms with Crippen molar-refractivity contribution in [3.63, 3.8) is 0 Å². The Bertz CT molecular complexity index is 1690. The van der Waals surface area contributed by atoms with Crippen molar-refractivity contribution in [2.75, 3.05) is 14.2 Å². The van der Waals surface area contributed by atoms with E-state index in [9.17, 15) is 49.8 Å². The maximum atomic E-state index is 13.4. The van der Waals surface area contributed by atoms with Crippen molar-refractivity contribution >= 4 is 35.0 Å². The van der Waals surface area contributed by atoms with Crippen molar-refractivity contribution in [3.8, 4) is 34.1 Å². The number of phenols is 2. The van der Waals surface area contributed by atoms with Gasteiger partial charge in [-0.15, -0.1) is 0 Å². The van der Waals surface area contributed by atoms with E-state index in [4.69, 9.17) is 18.9 Å². The number of phenolic OH excluding ortho intramolecular Hbond substituents is 2. The highest BCUT2D eigenvalue weighted by Gasteiger charge is 2.65. The van der Waals surface area contributed by atoms with Gasteiger partial charge in [0.1, 0.15) is 57.9 Å². The number of hydrogen-bond acceptors (Lipinski definition) is 14. The highest BCUT2D eigenvalue weighted by Crippen LogP contribution is 2.57. The number of hydrogen-bond donors (Lipinski definition) is 6. The van der Waals surface area contributed by atoms with Crippen LogP contribution in [0.3, 0.4) is 0 Å². The molecule has 46 heavy (non-hydrogen) atoms. The van der Waals surface area contributed by atoms with Gasteiger partial charge in [-0.3, -0.25) is 9.59 Å². The fourth-order valence-corrected chi connectivity index (χ4v) is 7.00. The van der Waals surface area contributed by atoms with E-state index in [1.165, 1.54) is 26.0 Å². The number of rotatable bonds is 3. The van der Waals surface area contributed by atoms with Crippen molar-refractivity contribution in [2.24, 2.45) is 11.8 Å². The summed E-state index contributed by atoms with van der Waals surface area (Å²) in [4.78, 5) is 53.2. The maximum Gasteiger partial charge on any atom is 0.358 e. The molecule has 0 aromatic heterocycles. The van der Waals surface area contributed by atoms with Crippen molar-refractivity contribution < 1.29 is 68.8 Å². The van der Waals surface area contributed by atoms with Gasteiger partial charge in [-0.1, -0.05) is 13.8 Å². The molecule has 4 aliphatic rings. The topological polar surface area (TPSA) is 227 Å². The molecule has 14 heteroatoms. The van der Waals surface area contributed by atoms with Crippen LogP contribution < -0.4 is 9.47 Å². The molecule has 2 saturated carbocycles. The van der Waals surface area contributed by atoms with Gasteiger partial charge in [0, 0.05) is 24.0 Å². The molecule has 6 atom stereocenters. The Kier molecular flexibility index (Phi) is 6.87. The van der Waals surface area contributed by atoms with E-state index in [-0.39, 0.29) is 24.0 Å². The molecule has 6 N–H and O–H groups in total. The summed E-state index contributed by atoms with van der Waals surface area (Å²) in [5.74, 6) is -9.42. The lowest BCUT2D eigenvalue weighted by Crippen LogP contribution is -2.64. The van der Waals surface area contributed by atoms with Crippen molar-refractivity contribution in [1.29, 1.82) is 0 Å². The standard InChI is InChI=1S/C32H30O14/c1-11-9-17(35)21-23(37)19-15(33)7-5-13(25(19)45-31(21,27(11)39)29(41)43-3)14-6-8-16(34)20-24(38)22-18(36)10-12(2)28(40)32(22,30(42)44-4)46-26(14)20/h5-8,11-12,27-28,33-34,37-40H,9-10H2,1-4H3/t11-,12-,27-,28+,31+,32+/m1/s1. The lowest BCUT2D eigenvalue weighted by Gasteiger charge is -2.46. The molecule has 0 saturated heterocycles. The number of Topliss-reactive ketones (excluding diaryl/α,β-unsaturated/α-hetero) is 2. The first-order valence-electron chi connectivity index (χ1n) is 14.3. The van der Waals surface area contributed by atoms with E-state index in [1.54, 1.807) is 0 Å². The van der Waals surface area contributed by atoms with Gasteiger partial charge in [0.25, 0.3) is 11.2 Å². The van der Waals surface area contributed by atoms with E-state index >= 15 is 0 Å². The molecule has 2 aromatic carbocycles. The number of fused-ring (bicyclic) bond motifs is 4. The Balaban J connectivity index is 1.68. The minimum Gasteiger partial charge on any atom is -0.507 e. The summed E-state index contributed by atoms with van der Waals surface area (Å²) in [6.45, 7) is 2.98. The summed E-state index contributed by atoms with van der Waals surface area (Å²) in [5.41, 5.74) is -7.49. The predicted octanol–water partition coefficient (Wildman–Crippen LogP) is 1.85. The molecule has 14 nitrogen and oxygen atoms in total. The molecule has 2 aliphatic heterocycles. The summed E-state index contributed by atoms with van der Waals surface area (Å²) in [6, 6.07) is 4.73. The Morgan fingerprint density at radius 1 is 0.696 bits per heavy atom. The number of ketones is 2. The van der Waals surface area contributed by atoms with Crippen LogP contribution in [0.15, 0.2) is 35.4 Å². The van der Waals surface area contributed by atoms with E-state index in [0.29, 0.717) is 0 Å². The van der Waals surface area contributed by atoms with Gasteiger partial charge in [-0.05, 0) is 36.1 Å². The molecule has 2 heterocycles. The maximum absolute atomic E-state index is 13.4. The number of aliphatic hydroxyl groups excluding tert-OH is 4. The van der Waals surface area contributed by atoms with E-state index in [1.807, 2.05) is 0 Å². The monoisotopic (exact) mass is 638 g/mol. The second-order valence-electron chi connectivity index (χ2n) is 11.9. The van der Waals surface area contributed by atoms with E-state index in [2.05, 4.69) is 0 Å². The third-order valence-electron chi connectivity index (χ3n) is 9.24. The molecule has 2 fully saturated rings. The van der Waals surface area contributed by atoms with Crippen LogP contribution in [0.2, 0.25) is 0 Å². The van der Waals surface area contributed by atoms with Crippen LogP contribution in [0, 0.1) is 11.8 Å². The number of esters is 2.